The molecule has 22 heavy (non-hydrogen) atoms. The third-order valence-electron chi connectivity index (χ3n) is 5.43. The van der Waals surface area contributed by atoms with Gasteiger partial charge in [0.05, 0.1) is 0 Å². The van der Waals surface area contributed by atoms with Crippen molar-refractivity contribution >= 4 is 5.71 Å². The molecule has 120 valence electrons. The third kappa shape index (κ3) is 2.28. The summed E-state index contributed by atoms with van der Waals surface area (Å²) in [5, 5.41) is 11.0. The van der Waals surface area contributed by atoms with Crippen molar-refractivity contribution in [3.63, 3.8) is 0 Å². The Morgan fingerprint density at radius 1 is 1.18 bits per heavy atom. The second kappa shape index (κ2) is 5.40. The Bertz CT molecular complexity index is 622. The Hall–Kier alpha value is -1.31. The van der Waals surface area contributed by atoms with Gasteiger partial charge in [0.1, 0.15) is 5.75 Å². The van der Waals surface area contributed by atoms with E-state index in [1.807, 2.05) is 0 Å². The van der Waals surface area contributed by atoms with Crippen LogP contribution in [0.3, 0.4) is 0 Å². The molecule has 0 radical (unpaired) electrons. The van der Waals surface area contributed by atoms with Gasteiger partial charge in [-0.1, -0.05) is 39.7 Å². The van der Waals surface area contributed by atoms with Crippen molar-refractivity contribution < 1.29 is 5.11 Å². The highest BCUT2D eigenvalue weighted by molar-refractivity contribution is 6.10. The number of aromatic hydroxyl groups is 1. The summed E-state index contributed by atoms with van der Waals surface area (Å²) in [6, 6.07) is 2.22. The van der Waals surface area contributed by atoms with E-state index in [1.165, 1.54) is 42.5 Å². The van der Waals surface area contributed by atoms with Gasteiger partial charge in [0, 0.05) is 29.3 Å². The molecule has 1 saturated carbocycles. The molecular weight excluding hydrogens is 270 g/mol. The molecule has 2 aliphatic carbocycles. The lowest BCUT2D eigenvalue weighted by molar-refractivity contribution is 0.391. The fourth-order valence-corrected chi connectivity index (χ4v) is 4.49. The number of hydrogen-bond acceptors (Lipinski definition) is 2. The van der Waals surface area contributed by atoms with Crippen molar-refractivity contribution in [2.75, 3.05) is 6.54 Å². The zero-order chi connectivity index (χ0) is 16.1. The highest BCUT2D eigenvalue weighted by Gasteiger charge is 2.42. The van der Waals surface area contributed by atoms with Crippen molar-refractivity contribution in [1.29, 1.82) is 0 Å². The van der Waals surface area contributed by atoms with Gasteiger partial charge in [-0.3, -0.25) is 4.99 Å². The predicted molar refractivity (Wildman–Crippen MR) is 93.3 cm³/mol. The Balaban J connectivity index is 2.27. The van der Waals surface area contributed by atoms with Crippen LogP contribution in [0.1, 0.15) is 81.5 Å². The summed E-state index contributed by atoms with van der Waals surface area (Å²) in [5.41, 5.74) is 6.02. The molecule has 2 aliphatic rings. The molecule has 2 unspecified atom stereocenters. The van der Waals surface area contributed by atoms with E-state index in [4.69, 9.17) is 4.99 Å². The second-order valence-corrected chi connectivity index (χ2v) is 7.99. The number of hydrogen-bond donors (Lipinski definition) is 1. The second-order valence-electron chi connectivity index (χ2n) is 7.99. The van der Waals surface area contributed by atoms with E-state index in [2.05, 4.69) is 40.7 Å². The fraction of sp³-hybridized carbons (Fsp3) is 0.650. The molecule has 0 saturated heterocycles. The highest BCUT2D eigenvalue weighted by atomic mass is 16.3. The third-order valence-corrected chi connectivity index (χ3v) is 5.43. The summed E-state index contributed by atoms with van der Waals surface area (Å²) in [6.45, 7) is 11.6. The number of nitrogens with zero attached hydrogens (tertiary/aromatic N) is 1. The number of phenolic OH excluding ortho intramolecular Hbond substituents is 1. The van der Waals surface area contributed by atoms with Gasteiger partial charge in [0.2, 0.25) is 0 Å². The molecular formula is C20H29NO. The summed E-state index contributed by atoms with van der Waals surface area (Å²) in [5.74, 6) is 1.60. The highest BCUT2D eigenvalue weighted by Crippen LogP contribution is 2.52. The molecule has 0 aromatic heterocycles. The molecule has 0 heterocycles. The molecule has 0 spiro atoms. The number of phenols is 1. The quantitative estimate of drug-likeness (QED) is 0.769. The fourth-order valence-electron chi connectivity index (χ4n) is 4.49. The molecule has 1 N–H and O–H groups in total. The lowest BCUT2D eigenvalue weighted by Crippen LogP contribution is -2.19. The van der Waals surface area contributed by atoms with E-state index < -0.39 is 0 Å². The molecule has 1 aromatic carbocycles. The first kappa shape index (κ1) is 15.6. The number of aliphatic imine (C=N–C) groups is 1. The monoisotopic (exact) mass is 299 g/mol. The summed E-state index contributed by atoms with van der Waals surface area (Å²) < 4.78 is 0. The van der Waals surface area contributed by atoms with Crippen molar-refractivity contribution in [3.8, 4) is 5.75 Å². The number of fused-ring (bicyclic) bond motifs is 3. The predicted octanol–water partition coefficient (Wildman–Crippen LogP) is 5.09. The molecule has 0 bridgehead atoms. The zero-order valence-corrected chi connectivity index (χ0v) is 14.7. The topological polar surface area (TPSA) is 32.6 Å². The lowest BCUT2D eigenvalue weighted by atomic mass is 9.78. The van der Waals surface area contributed by atoms with E-state index >= 15 is 0 Å². The van der Waals surface area contributed by atoms with Crippen LogP contribution in [0.15, 0.2) is 11.1 Å². The standard InChI is InChI=1S/C20H29NO/c1-6-21-18-14-10-8-7-9-13(14)16-12(2)11-15(20(3,4)5)19(22)17(16)18/h11,13-14,22H,6-10H2,1-5H3. The molecule has 3 rings (SSSR count). The van der Waals surface area contributed by atoms with Crippen LogP contribution in [0, 0.1) is 12.8 Å². The van der Waals surface area contributed by atoms with Gasteiger partial charge < -0.3 is 5.11 Å². The molecule has 0 aliphatic heterocycles. The summed E-state index contributed by atoms with van der Waals surface area (Å²) in [7, 11) is 0. The van der Waals surface area contributed by atoms with Crippen molar-refractivity contribution in [2.45, 2.75) is 71.6 Å². The molecule has 2 nitrogen and oxygen atoms in total. The maximum atomic E-state index is 11.0. The van der Waals surface area contributed by atoms with Crippen LogP contribution in [0.2, 0.25) is 0 Å². The van der Waals surface area contributed by atoms with Gasteiger partial charge in [-0.2, -0.15) is 0 Å². The van der Waals surface area contributed by atoms with Crippen LogP contribution in [-0.2, 0) is 5.41 Å². The molecule has 1 fully saturated rings. The molecule has 0 amide bonds. The van der Waals surface area contributed by atoms with Gasteiger partial charge in [0.25, 0.3) is 0 Å². The minimum atomic E-state index is -0.0467. The van der Waals surface area contributed by atoms with Crippen LogP contribution in [0.4, 0.5) is 0 Å². The maximum Gasteiger partial charge on any atom is 0.128 e. The van der Waals surface area contributed by atoms with Gasteiger partial charge in [-0.05, 0) is 49.1 Å². The van der Waals surface area contributed by atoms with E-state index in [9.17, 15) is 5.11 Å². The summed E-state index contributed by atoms with van der Waals surface area (Å²) in [6.07, 6.45) is 5.07. The van der Waals surface area contributed by atoms with E-state index in [0.29, 0.717) is 17.6 Å². The van der Waals surface area contributed by atoms with E-state index in [0.717, 1.165) is 17.7 Å². The number of rotatable bonds is 1. The average molecular weight is 299 g/mol. The van der Waals surface area contributed by atoms with Crippen LogP contribution in [0.25, 0.3) is 0 Å². The zero-order valence-electron chi connectivity index (χ0n) is 14.7. The van der Waals surface area contributed by atoms with Gasteiger partial charge in [-0.15, -0.1) is 0 Å². The van der Waals surface area contributed by atoms with E-state index in [1.54, 1.807) is 0 Å². The van der Waals surface area contributed by atoms with Crippen LogP contribution < -0.4 is 0 Å². The van der Waals surface area contributed by atoms with Crippen LogP contribution >= 0.6 is 0 Å². The van der Waals surface area contributed by atoms with Crippen molar-refractivity contribution in [2.24, 2.45) is 10.9 Å². The minimum Gasteiger partial charge on any atom is -0.507 e. The molecule has 2 atom stereocenters. The molecule has 1 aromatic rings. The number of aryl methyl sites for hydroxylation is 1. The van der Waals surface area contributed by atoms with Crippen LogP contribution in [0.5, 0.6) is 5.75 Å². The van der Waals surface area contributed by atoms with Gasteiger partial charge in [-0.25, -0.2) is 0 Å². The Morgan fingerprint density at radius 2 is 1.82 bits per heavy atom. The number of benzene rings is 1. The first-order chi connectivity index (χ1) is 10.4. The van der Waals surface area contributed by atoms with Gasteiger partial charge in [0.15, 0.2) is 0 Å². The normalized spacial score (nSPS) is 26.1. The Kier molecular flexibility index (Phi) is 3.82. The smallest absolute Gasteiger partial charge is 0.128 e. The largest absolute Gasteiger partial charge is 0.507 e. The van der Waals surface area contributed by atoms with E-state index in [-0.39, 0.29) is 5.41 Å². The molecule has 2 heteroatoms. The Labute approximate surface area is 134 Å². The lowest BCUT2D eigenvalue weighted by Gasteiger charge is -2.27. The minimum absolute atomic E-state index is 0.0467. The summed E-state index contributed by atoms with van der Waals surface area (Å²) in [4.78, 5) is 4.83. The van der Waals surface area contributed by atoms with Crippen LogP contribution in [-0.4, -0.2) is 17.4 Å². The van der Waals surface area contributed by atoms with Crippen molar-refractivity contribution in [1.82, 2.24) is 0 Å². The van der Waals surface area contributed by atoms with Gasteiger partial charge >= 0.3 is 0 Å². The SMILES string of the molecule is CCN=C1c2c(O)c(C(C)(C)C)cc(C)c2C2CCCCC12. The van der Waals surface area contributed by atoms with Crippen molar-refractivity contribution in [3.05, 3.63) is 28.3 Å². The Morgan fingerprint density at radius 3 is 2.41 bits per heavy atom. The summed E-state index contributed by atoms with van der Waals surface area (Å²) >= 11 is 0. The first-order valence-corrected chi connectivity index (χ1v) is 8.78. The maximum absolute atomic E-state index is 11.0. The average Bonchev–Trinajstić information content (AvgIpc) is 2.78. The first-order valence-electron chi connectivity index (χ1n) is 8.78.